The van der Waals surface area contributed by atoms with E-state index in [4.69, 9.17) is 0 Å². The van der Waals surface area contributed by atoms with Gasteiger partial charge in [-0.05, 0) is 30.4 Å². The molecule has 1 aliphatic rings. The van der Waals surface area contributed by atoms with Crippen molar-refractivity contribution in [3.8, 4) is 0 Å². The normalized spacial score (nSPS) is 16.2. The van der Waals surface area contributed by atoms with Gasteiger partial charge in [0.1, 0.15) is 0 Å². The fourth-order valence-electron chi connectivity index (χ4n) is 1.99. The van der Waals surface area contributed by atoms with Crippen molar-refractivity contribution in [1.29, 1.82) is 0 Å². The van der Waals surface area contributed by atoms with Crippen molar-refractivity contribution < 1.29 is 8.42 Å². The van der Waals surface area contributed by atoms with Crippen LogP contribution in [0.1, 0.15) is 38.2 Å². The van der Waals surface area contributed by atoms with Crippen molar-refractivity contribution in [2.75, 3.05) is 11.4 Å². The second-order valence-corrected chi connectivity index (χ2v) is 7.17. The molecule has 17 heavy (non-hydrogen) atoms. The van der Waals surface area contributed by atoms with Crippen LogP contribution in [0.5, 0.6) is 0 Å². The number of rotatable bonds is 4. The summed E-state index contributed by atoms with van der Waals surface area (Å²) in [6.07, 6.45) is 1.60. The van der Waals surface area contributed by atoms with Gasteiger partial charge in [-0.1, -0.05) is 32.0 Å². The lowest BCUT2D eigenvalue weighted by molar-refractivity contribution is 0.593. The van der Waals surface area contributed by atoms with Crippen molar-refractivity contribution in [3.05, 3.63) is 29.8 Å². The van der Waals surface area contributed by atoms with E-state index in [1.165, 1.54) is 4.31 Å². The third-order valence-corrected chi connectivity index (χ3v) is 5.50. The van der Waals surface area contributed by atoms with Crippen LogP contribution < -0.4 is 4.31 Å². The Bertz CT molecular complexity index is 504. The Hall–Kier alpha value is -1.03. The standard InChI is InChI=1S/C13H19NO2S/c1-10(2)12-6-4-5-7-13(12)14(3)17(15,16)11-8-9-11/h4-7,10-11H,8-9H2,1-3H3. The van der Waals surface area contributed by atoms with Crippen LogP contribution in [0.3, 0.4) is 0 Å². The Kier molecular flexibility index (Phi) is 3.17. The molecule has 0 radical (unpaired) electrons. The van der Waals surface area contributed by atoms with Crippen molar-refractivity contribution in [2.45, 2.75) is 37.9 Å². The van der Waals surface area contributed by atoms with Crippen LogP contribution in [0.25, 0.3) is 0 Å². The van der Waals surface area contributed by atoms with Crippen molar-refractivity contribution in [2.24, 2.45) is 0 Å². The van der Waals surface area contributed by atoms with Crippen molar-refractivity contribution in [3.63, 3.8) is 0 Å². The highest BCUT2D eigenvalue weighted by molar-refractivity contribution is 7.93. The minimum absolute atomic E-state index is 0.160. The summed E-state index contributed by atoms with van der Waals surface area (Å²) in [5, 5.41) is -0.160. The largest absolute Gasteiger partial charge is 0.273 e. The highest BCUT2D eigenvalue weighted by atomic mass is 32.2. The van der Waals surface area contributed by atoms with Gasteiger partial charge in [0.25, 0.3) is 0 Å². The fraction of sp³-hybridized carbons (Fsp3) is 0.538. The van der Waals surface area contributed by atoms with E-state index in [1.54, 1.807) is 7.05 Å². The summed E-state index contributed by atoms with van der Waals surface area (Å²) in [4.78, 5) is 0. The number of hydrogen-bond acceptors (Lipinski definition) is 2. The van der Waals surface area contributed by atoms with Crippen molar-refractivity contribution in [1.82, 2.24) is 0 Å². The molecule has 94 valence electrons. The third kappa shape index (κ3) is 2.32. The molecule has 2 rings (SSSR count). The summed E-state index contributed by atoms with van der Waals surface area (Å²) in [5.74, 6) is 0.322. The number of hydrogen-bond donors (Lipinski definition) is 0. The van der Waals surface area contributed by atoms with E-state index in [2.05, 4.69) is 13.8 Å². The molecule has 3 nitrogen and oxygen atoms in total. The lowest BCUT2D eigenvalue weighted by atomic mass is 10.0. The molecule has 0 saturated heterocycles. The van der Waals surface area contributed by atoms with Crippen LogP contribution in [-0.2, 0) is 10.0 Å². The van der Waals surface area contributed by atoms with Gasteiger partial charge in [0.15, 0.2) is 0 Å². The highest BCUT2D eigenvalue weighted by Gasteiger charge is 2.39. The Morgan fingerprint density at radius 3 is 2.35 bits per heavy atom. The molecule has 1 aromatic rings. The summed E-state index contributed by atoms with van der Waals surface area (Å²) in [5.41, 5.74) is 1.90. The molecule has 1 fully saturated rings. The molecule has 0 aliphatic heterocycles. The average molecular weight is 253 g/mol. The van der Waals surface area contributed by atoms with E-state index in [0.717, 1.165) is 24.1 Å². The van der Waals surface area contributed by atoms with Gasteiger partial charge in [0.2, 0.25) is 10.0 Å². The van der Waals surface area contributed by atoms with E-state index in [9.17, 15) is 8.42 Å². The Labute approximate surface area is 104 Å². The van der Waals surface area contributed by atoms with E-state index in [-0.39, 0.29) is 5.25 Å². The van der Waals surface area contributed by atoms with Crippen LogP contribution in [0, 0.1) is 0 Å². The topological polar surface area (TPSA) is 37.4 Å². The second-order valence-electron chi connectivity index (χ2n) is 4.93. The van der Waals surface area contributed by atoms with Gasteiger partial charge in [-0.3, -0.25) is 4.31 Å². The SMILES string of the molecule is CC(C)c1ccccc1N(C)S(=O)(=O)C1CC1. The van der Waals surface area contributed by atoms with Gasteiger partial charge < -0.3 is 0 Å². The number of sulfonamides is 1. The first-order chi connectivity index (χ1) is 7.94. The number of anilines is 1. The Balaban J connectivity index is 2.40. The summed E-state index contributed by atoms with van der Waals surface area (Å²) < 4.78 is 25.8. The maximum atomic E-state index is 12.2. The van der Waals surface area contributed by atoms with E-state index in [0.29, 0.717) is 5.92 Å². The Morgan fingerprint density at radius 1 is 1.24 bits per heavy atom. The van der Waals surface area contributed by atoms with Crippen LogP contribution in [0.2, 0.25) is 0 Å². The Morgan fingerprint density at radius 2 is 1.82 bits per heavy atom. The molecule has 0 unspecified atom stereocenters. The molecule has 0 aromatic heterocycles. The molecular weight excluding hydrogens is 234 g/mol. The zero-order valence-electron chi connectivity index (χ0n) is 10.6. The average Bonchev–Trinajstić information content (AvgIpc) is 3.12. The fourth-order valence-corrected chi connectivity index (χ4v) is 3.61. The van der Waals surface area contributed by atoms with Crippen molar-refractivity contribution >= 4 is 15.7 Å². The first kappa shape index (κ1) is 12.4. The first-order valence-corrected chi connectivity index (χ1v) is 7.51. The summed E-state index contributed by atoms with van der Waals surface area (Å²) in [6.45, 7) is 4.16. The van der Waals surface area contributed by atoms with Gasteiger partial charge in [0.05, 0.1) is 10.9 Å². The monoisotopic (exact) mass is 253 g/mol. The van der Waals surface area contributed by atoms with Gasteiger partial charge in [0, 0.05) is 7.05 Å². The lowest BCUT2D eigenvalue weighted by Crippen LogP contribution is -2.30. The lowest BCUT2D eigenvalue weighted by Gasteiger charge is -2.23. The summed E-state index contributed by atoms with van der Waals surface area (Å²) in [6, 6.07) is 7.73. The van der Waals surface area contributed by atoms with Crippen LogP contribution in [-0.4, -0.2) is 20.7 Å². The maximum absolute atomic E-state index is 12.2. The third-order valence-electron chi connectivity index (χ3n) is 3.23. The van der Waals surface area contributed by atoms with E-state index >= 15 is 0 Å². The smallest absolute Gasteiger partial charge is 0.237 e. The minimum atomic E-state index is -3.14. The number of benzene rings is 1. The predicted octanol–water partition coefficient (Wildman–Crippen LogP) is 2.74. The van der Waals surface area contributed by atoms with Crippen LogP contribution in [0.4, 0.5) is 5.69 Å². The molecular formula is C13H19NO2S. The molecule has 4 heteroatoms. The maximum Gasteiger partial charge on any atom is 0.237 e. The van der Waals surface area contributed by atoms with Gasteiger partial charge in [-0.2, -0.15) is 0 Å². The molecule has 0 bridgehead atoms. The number of nitrogens with zero attached hydrogens (tertiary/aromatic N) is 1. The van der Waals surface area contributed by atoms with Crippen LogP contribution >= 0.6 is 0 Å². The van der Waals surface area contributed by atoms with Gasteiger partial charge in [-0.15, -0.1) is 0 Å². The molecule has 0 atom stereocenters. The molecule has 0 heterocycles. The van der Waals surface area contributed by atoms with Gasteiger partial charge in [-0.25, -0.2) is 8.42 Å². The summed E-state index contributed by atoms with van der Waals surface area (Å²) in [7, 11) is -1.48. The van der Waals surface area contributed by atoms with E-state index in [1.807, 2.05) is 24.3 Å². The summed E-state index contributed by atoms with van der Waals surface area (Å²) >= 11 is 0. The molecule has 1 aromatic carbocycles. The zero-order chi connectivity index (χ0) is 12.6. The highest BCUT2D eigenvalue weighted by Crippen LogP contribution is 2.35. The van der Waals surface area contributed by atoms with E-state index < -0.39 is 10.0 Å². The molecule has 1 saturated carbocycles. The first-order valence-electron chi connectivity index (χ1n) is 6.01. The van der Waals surface area contributed by atoms with Crippen LogP contribution in [0.15, 0.2) is 24.3 Å². The molecule has 0 spiro atoms. The predicted molar refractivity (Wildman–Crippen MR) is 70.9 cm³/mol. The molecule has 1 aliphatic carbocycles. The number of para-hydroxylation sites is 1. The second kappa shape index (κ2) is 4.33. The molecule has 0 amide bonds. The quantitative estimate of drug-likeness (QED) is 0.827. The zero-order valence-corrected chi connectivity index (χ0v) is 11.4. The molecule has 0 N–H and O–H groups in total. The minimum Gasteiger partial charge on any atom is -0.273 e. The van der Waals surface area contributed by atoms with Gasteiger partial charge >= 0.3 is 0 Å².